The topological polar surface area (TPSA) is 17.0 Å². The average Bonchev–Trinajstić information content (AvgIpc) is 2.75. The Hall–Kier alpha value is -1.28. The largest absolute Gasteiger partial charge is 0.351 e. The maximum Gasteiger partial charge on any atom is 0.0477 e. The molecule has 0 atom stereocenters. The fourth-order valence-electron chi connectivity index (χ4n) is 2.79. The third-order valence-electron chi connectivity index (χ3n) is 4.28. The number of fused-ring (bicyclic) bond motifs is 1. The Labute approximate surface area is 129 Å². The van der Waals surface area contributed by atoms with E-state index >= 15 is 0 Å². The molecule has 1 N–H and O–H groups in total. The van der Waals surface area contributed by atoms with Crippen LogP contribution in [-0.4, -0.2) is 11.1 Å². The molecule has 1 aromatic heterocycles. The molecule has 21 heavy (non-hydrogen) atoms. The molecular formula is C19H30N2. The van der Waals surface area contributed by atoms with E-state index in [4.69, 9.17) is 0 Å². The number of aromatic nitrogens is 1. The second kappa shape index (κ2) is 5.84. The molecule has 1 heterocycles. The molecule has 0 fully saturated rings. The second-order valence-corrected chi connectivity index (χ2v) is 7.92. The van der Waals surface area contributed by atoms with Gasteiger partial charge in [-0.05, 0) is 67.8 Å². The number of benzene rings is 1. The molecule has 2 nitrogen and oxygen atoms in total. The number of rotatable bonds is 5. The van der Waals surface area contributed by atoms with E-state index in [0.717, 1.165) is 6.54 Å². The predicted octanol–water partition coefficient (Wildman–Crippen LogP) is 4.83. The van der Waals surface area contributed by atoms with Crippen molar-refractivity contribution >= 4 is 10.9 Å². The van der Waals surface area contributed by atoms with Gasteiger partial charge in [-0.2, -0.15) is 0 Å². The molecule has 0 aliphatic heterocycles. The summed E-state index contributed by atoms with van der Waals surface area (Å²) in [7, 11) is 2.10. The maximum absolute atomic E-state index is 3.71. The summed E-state index contributed by atoms with van der Waals surface area (Å²) in [5.41, 5.74) is 3.09. The summed E-state index contributed by atoms with van der Waals surface area (Å²) in [6.45, 7) is 12.5. The van der Waals surface area contributed by atoms with Crippen LogP contribution in [0.4, 0.5) is 0 Å². The highest BCUT2D eigenvalue weighted by Gasteiger charge is 2.20. The Morgan fingerprint density at radius 3 is 2.43 bits per heavy atom. The van der Waals surface area contributed by atoms with Crippen molar-refractivity contribution in [1.82, 2.24) is 9.88 Å². The molecule has 0 aliphatic carbocycles. The van der Waals surface area contributed by atoms with Gasteiger partial charge in [-0.3, -0.25) is 0 Å². The number of nitrogens with zero attached hydrogens (tertiary/aromatic N) is 1. The van der Waals surface area contributed by atoms with Gasteiger partial charge in [-0.25, -0.2) is 0 Å². The van der Waals surface area contributed by atoms with Crippen LogP contribution in [0.25, 0.3) is 10.9 Å². The van der Waals surface area contributed by atoms with Gasteiger partial charge in [-0.15, -0.1) is 0 Å². The minimum absolute atomic E-state index is 0.0158. The number of aryl methyl sites for hydroxylation is 1. The third kappa shape index (κ3) is 4.10. The summed E-state index contributed by atoms with van der Waals surface area (Å²) < 4.78 is 2.17. The van der Waals surface area contributed by atoms with E-state index in [1.165, 1.54) is 29.3 Å². The van der Waals surface area contributed by atoms with E-state index in [-0.39, 0.29) is 5.54 Å². The van der Waals surface area contributed by atoms with Gasteiger partial charge in [0.1, 0.15) is 0 Å². The van der Waals surface area contributed by atoms with E-state index in [1.54, 1.807) is 0 Å². The van der Waals surface area contributed by atoms with Crippen molar-refractivity contribution in [3.8, 4) is 0 Å². The van der Waals surface area contributed by atoms with Crippen LogP contribution in [0.15, 0.2) is 30.5 Å². The molecule has 2 aromatic rings. The van der Waals surface area contributed by atoms with Crippen LogP contribution < -0.4 is 5.32 Å². The molecular weight excluding hydrogens is 256 g/mol. The zero-order chi connectivity index (χ0) is 15.7. The molecule has 0 amide bonds. The number of hydrogen-bond acceptors (Lipinski definition) is 1. The fraction of sp³-hybridized carbons (Fsp3) is 0.579. The van der Waals surface area contributed by atoms with Gasteiger partial charge in [0.15, 0.2) is 0 Å². The van der Waals surface area contributed by atoms with E-state index in [1.807, 2.05) is 0 Å². The SMILES string of the molecule is Cn1ccc2cc(C(C)(C)NCCCC(C)(C)C)ccc21. The maximum atomic E-state index is 3.71. The first-order valence-electron chi connectivity index (χ1n) is 8.00. The number of nitrogens with one attached hydrogen (secondary N) is 1. The summed E-state index contributed by atoms with van der Waals surface area (Å²) in [6, 6.07) is 8.98. The fourth-order valence-corrected chi connectivity index (χ4v) is 2.79. The van der Waals surface area contributed by atoms with Crippen molar-refractivity contribution in [3.05, 3.63) is 36.0 Å². The molecule has 0 bridgehead atoms. The normalized spacial score (nSPS) is 13.0. The zero-order valence-corrected chi connectivity index (χ0v) is 14.5. The van der Waals surface area contributed by atoms with Gasteiger partial charge in [0, 0.05) is 24.3 Å². The van der Waals surface area contributed by atoms with Crippen LogP contribution in [-0.2, 0) is 12.6 Å². The van der Waals surface area contributed by atoms with Crippen molar-refractivity contribution < 1.29 is 0 Å². The van der Waals surface area contributed by atoms with E-state index in [2.05, 4.69) is 82.0 Å². The lowest BCUT2D eigenvalue weighted by Gasteiger charge is -2.28. The Morgan fingerprint density at radius 1 is 1.05 bits per heavy atom. The van der Waals surface area contributed by atoms with Gasteiger partial charge in [0.2, 0.25) is 0 Å². The van der Waals surface area contributed by atoms with Crippen molar-refractivity contribution in [1.29, 1.82) is 0 Å². The highest BCUT2D eigenvalue weighted by atomic mass is 15.0. The van der Waals surface area contributed by atoms with Crippen LogP contribution >= 0.6 is 0 Å². The summed E-state index contributed by atoms with van der Waals surface area (Å²) in [5, 5.41) is 5.03. The van der Waals surface area contributed by atoms with Crippen LogP contribution in [0.5, 0.6) is 0 Å². The second-order valence-electron chi connectivity index (χ2n) is 7.92. The minimum Gasteiger partial charge on any atom is -0.351 e. The molecule has 0 saturated heterocycles. The molecule has 0 spiro atoms. The van der Waals surface area contributed by atoms with Crippen molar-refractivity contribution in [3.63, 3.8) is 0 Å². The Kier molecular flexibility index (Phi) is 4.48. The first-order chi connectivity index (χ1) is 9.69. The summed E-state index contributed by atoms with van der Waals surface area (Å²) in [4.78, 5) is 0. The van der Waals surface area contributed by atoms with Gasteiger partial charge < -0.3 is 9.88 Å². The smallest absolute Gasteiger partial charge is 0.0477 e. The number of hydrogen-bond donors (Lipinski definition) is 1. The Balaban J connectivity index is 2.03. The average molecular weight is 286 g/mol. The van der Waals surface area contributed by atoms with Gasteiger partial charge >= 0.3 is 0 Å². The van der Waals surface area contributed by atoms with E-state index in [0.29, 0.717) is 5.41 Å². The molecule has 0 saturated carbocycles. The molecule has 0 radical (unpaired) electrons. The monoisotopic (exact) mass is 286 g/mol. The van der Waals surface area contributed by atoms with Gasteiger partial charge in [-0.1, -0.05) is 26.8 Å². The highest BCUT2D eigenvalue weighted by molar-refractivity contribution is 5.81. The van der Waals surface area contributed by atoms with Crippen molar-refractivity contribution in [2.24, 2.45) is 12.5 Å². The highest BCUT2D eigenvalue weighted by Crippen LogP contribution is 2.26. The molecule has 0 aliphatic rings. The quantitative estimate of drug-likeness (QED) is 0.779. The standard InChI is InChI=1S/C19H30N2/c1-18(2,3)11-7-12-20-19(4,5)16-8-9-17-15(14-16)10-13-21(17)6/h8-10,13-14,20H,7,11-12H2,1-6H3. The van der Waals surface area contributed by atoms with Crippen LogP contribution in [0.2, 0.25) is 0 Å². The summed E-state index contributed by atoms with van der Waals surface area (Å²) in [6.07, 6.45) is 4.60. The van der Waals surface area contributed by atoms with Crippen LogP contribution in [0.3, 0.4) is 0 Å². The van der Waals surface area contributed by atoms with E-state index in [9.17, 15) is 0 Å². The molecule has 116 valence electrons. The first kappa shape index (κ1) is 16.1. The molecule has 2 heteroatoms. The van der Waals surface area contributed by atoms with Gasteiger partial charge in [0.25, 0.3) is 0 Å². The van der Waals surface area contributed by atoms with Crippen molar-refractivity contribution in [2.75, 3.05) is 6.54 Å². The lowest BCUT2D eigenvalue weighted by Crippen LogP contribution is -2.37. The van der Waals surface area contributed by atoms with Crippen LogP contribution in [0.1, 0.15) is 53.0 Å². The van der Waals surface area contributed by atoms with Crippen molar-refractivity contribution in [2.45, 2.75) is 53.0 Å². The summed E-state index contributed by atoms with van der Waals surface area (Å²) in [5.74, 6) is 0. The van der Waals surface area contributed by atoms with Gasteiger partial charge in [0.05, 0.1) is 0 Å². The minimum atomic E-state index is 0.0158. The Morgan fingerprint density at radius 2 is 1.76 bits per heavy atom. The van der Waals surface area contributed by atoms with E-state index < -0.39 is 0 Å². The summed E-state index contributed by atoms with van der Waals surface area (Å²) >= 11 is 0. The lowest BCUT2D eigenvalue weighted by atomic mass is 9.89. The first-order valence-corrected chi connectivity index (χ1v) is 8.00. The molecule has 0 unspecified atom stereocenters. The van der Waals surface area contributed by atoms with Crippen LogP contribution in [0, 0.1) is 5.41 Å². The lowest BCUT2D eigenvalue weighted by molar-refractivity contribution is 0.335. The molecule has 1 aromatic carbocycles. The Bertz CT molecular complexity index is 600. The predicted molar refractivity (Wildman–Crippen MR) is 92.6 cm³/mol. The molecule has 2 rings (SSSR count). The third-order valence-corrected chi connectivity index (χ3v) is 4.28. The zero-order valence-electron chi connectivity index (χ0n) is 14.5.